The molecule has 0 saturated carbocycles. The van der Waals surface area contributed by atoms with Crippen molar-refractivity contribution in [2.45, 2.75) is 6.42 Å². The summed E-state index contributed by atoms with van der Waals surface area (Å²) in [6.07, 6.45) is 1.76. The van der Waals surface area contributed by atoms with Crippen molar-refractivity contribution in [2.24, 2.45) is 0 Å². The Morgan fingerprint density at radius 1 is 1.21 bits per heavy atom. The summed E-state index contributed by atoms with van der Waals surface area (Å²) in [5, 5.41) is 17.3. The lowest BCUT2D eigenvalue weighted by Gasteiger charge is -2.07. The van der Waals surface area contributed by atoms with Crippen LogP contribution in [0.5, 0.6) is 11.6 Å². The molecule has 0 saturated heterocycles. The number of aromatic nitrogens is 1. The van der Waals surface area contributed by atoms with Gasteiger partial charge < -0.3 is 10.5 Å². The minimum absolute atomic E-state index is 0.257. The van der Waals surface area contributed by atoms with E-state index in [1.165, 1.54) is 12.3 Å². The third-order valence-corrected chi connectivity index (χ3v) is 2.43. The lowest BCUT2D eigenvalue weighted by Crippen LogP contribution is -1.96. The Hall–Kier alpha value is -3.05. The highest BCUT2D eigenvalue weighted by Gasteiger charge is 2.05. The molecule has 0 bridgehead atoms. The summed E-state index contributed by atoms with van der Waals surface area (Å²) in [6.45, 7) is 0. The van der Waals surface area contributed by atoms with Gasteiger partial charge in [0.1, 0.15) is 11.8 Å². The van der Waals surface area contributed by atoms with E-state index >= 15 is 0 Å². The summed E-state index contributed by atoms with van der Waals surface area (Å²) in [6, 6.07) is 12.6. The number of pyridine rings is 1. The van der Waals surface area contributed by atoms with Gasteiger partial charge in [0.2, 0.25) is 5.88 Å². The Bertz CT molecular complexity index is 665. The molecule has 1 aromatic carbocycles. The fourth-order valence-corrected chi connectivity index (χ4v) is 1.49. The van der Waals surface area contributed by atoms with Gasteiger partial charge in [0.05, 0.1) is 23.7 Å². The van der Waals surface area contributed by atoms with E-state index in [1.54, 1.807) is 24.3 Å². The molecule has 1 aromatic heterocycles. The molecule has 0 atom stereocenters. The zero-order valence-corrected chi connectivity index (χ0v) is 10.00. The van der Waals surface area contributed by atoms with Crippen molar-refractivity contribution in [3.8, 4) is 23.8 Å². The second-order valence-electron chi connectivity index (χ2n) is 3.81. The Balaban J connectivity index is 2.17. The van der Waals surface area contributed by atoms with E-state index in [1.807, 2.05) is 6.07 Å². The average Bonchev–Trinajstić information content (AvgIpc) is 2.43. The second-order valence-corrected chi connectivity index (χ2v) is 3.81. The van der Waals surface area contributed by atoms with Crippen LogP contribution in [0.3, 0.4) is 0 Å². The summed E-state index contributed by atoms with van der Waals surface area (Å²) in [5.41, 5.74) is 7.34. The van der Waals surface area contributed by atoms with E-state index in [2.05, 4.69) is 11.1 Å². The lowest BCUT2D eigenvalue weighted by molar-refractivity contribution is 0.465. The molecule has 0 radical (unpaired) electrons. The third kappa shape index (κ3) is 2.99. The first-order valence-corrected chi connectivity index (χ1v) is 5.52. The van der Waals surface area contributed by atoms with Crippen molar-refractivity contribution in [3.63, 3.8) is 0 Å². The van der Waals surface area contributed by atoms with E-state index in [9.17, 15) is 0 Å². The van der Waals surface area contributed by atoms with Gasteiger partial charge in [-0.2, -0.15) is 10.5 Å². The molecular formula is C14H10N4O. The van der Waals surface area contributed by atoms with E-state index < -0.39 is 0 Å². The molecule has 2 aromatic rings. The van der Waals surface area contributed by atoms with Crippen LogP contribution in [0.15, 0.2) is 36.5 Å². The number of nitrogens with zero attached hydrogens (tertiary/aromatic N) is 3. The van der Waals surface area contributed by atoms with Crippen LogP contribution in [0.1, 0.15) is 11.1 Å². The number of anilines is 1. The SMILES string of the molecule is N#CCc1ccc(Oc2ncc(C#N)cc2N)cc1. The van der Waals surface area contributed by atoms with Crippen LogP contribution in [-0.4, -0.2) is 4.98 Å². The fraction of sp³-hybridized carbons (Fsp3) is 0.0714. The molecule has 2 rings (SSSR count). The van der Waals surface area contributed by atoms with Crippen molar-refractivity contribution in [1.29, 1.82) is 10.5 Å². The first kappa shape index (κ1) is 12.4. The minimum atomic E-state index is 0.257. The molecule has 0 unspecified atom stereocenters. The van der Waals surface area contributed by atoms with Crippen LogP contribution in [0, 0.1) is 22.7 Å². The molecule has 0 aliphatic carbocycles. The maximum atomic E-state index is 8.71. The maximum Gasteiger partial charge on any atom is 0.242 e. The Labute approximate surface area is 110 Å². The van der Waals surface area contributed by atoms with Crippen molar-refractivity contribution < 1.29 is 4.74 Å². The molecule has 5 nitrogen and oxygen atoms in total. The van der Waals surface area contributed by atoms with Crippen molar-refractivity contribution in [2.75, 3.05) is 5.73 Å². The first-order valence-electron chi connectivity index (χ1n) is 5.52. The number of nitriles is 2. The predicted molar refractivity (Wildman–Crippen MR) is 69.2 cm³/mol. The summed E-state index contributed by atoms with van der Waals surface area (Å²) >= 11 is 0. The second kappa shape index (κ2) is 5.52. The van der Waals surface area contributed by atoms with Crippen LogP contribution in [0.25, 0.3) is 0 Å². The van der Waals surface area contributed by atoms with E-state index in [4.69, 9.17) is 21.0 Å². The fourth-order valence-electron chi connectivity index (χ4n) is 1.49. The highest BCUT2D eigenvalue weighted by Crippen LogP contribution is 2.25. The Morgan fingerprint density at radius 2 is 1.95 bits per heavy atom. The molecule has 0 spiro atoms. The normalized spacial score (nSPS) is 9.37. The molecule has 5 heteroatoms. The molecule has 2 N–H and O–H groups in total. The van der Waals surface area contributed by atoms with Gasteiger partial charge >= 0.3 is 0 Å². The average molecular weight is 250 g/mol. The van der Waals surface area contributed by atoms with E-state index in [-0.39, 0.29) is 5.88 Å². The quantitative estimate of drug-likeness (QED) is 0.902. The van der Waals surface area contributed by atoms with Gasteiger partial charge in [-0.1, -0.05) is 12.1 Å². The van der Waals surface area contributed by atoms with E-state index in [0.717, 1.165) is 5.56 Å². The maximum absolute atomic E-state index is 8.71. The molecule has 0 aliphatic rings. The van der Waals surface area contributed by atoms with Crippen LogP contribution in [-0.2, 0) is 6.42 Å². The first-order chi connectivity index (χ1) is 9.22. The Morgan fingerprint density at radius 3 is 2.53 bits per heavy atom. The summed E-state index contributed by atoms with van der Waals surface area (Å²) < 4.78 is 5.51. The van der Waals surface area contributed by atoms with Crippen molar-refractivity contribution in [1.82, 2.24) is 4.98 Å². The van der Waals surface area contributed by atoms with Gasteiger partial charge in [0, 0.05) is 6.20 Å². The monoisotopic (exact) mass is 250 g/mol. The lowest BCUT2D eigenvalue weighted by atomic mass is 10.2. The van der Waals surface area contributed by atoms with Gasteiger partial charge in [-0.25, -0.2) is 4.98 Å². The largest absolute Gasteiger partial charge is 0.437 e. The third-order valence-electron chi connectivity index (χ3n) is 2.43. The summed E-state index contributed by atoms with van der Waals surface area (Å²) in [7, 11) is 0. The molecule has 0 fully saturated rings. The predicted octanol–water partition coefficient (Wildman–Crippen LogP) is 2.39. The summed E-state index contributed by atoms with van der Waals surface area (Å²) in [4.78, 5) is 3.98. The number of benzene rings is 1. The van der Waals surface area contributed by atoms with Gasteiger partial charge in [0.25, 0.3) is 0 Å². The summed E-state index contributed by atoms with van der Waals surface area (Å²) in [5.74, 6) is 0.831. The zero-order valence-electron chi connectivity index (χ0n) is 10.00. The molecule has 1 heterocycles. The highest BCUT2D eigenvalue weighted by molar-refractivity contribution is 5.53. The highest BCUT2D eigenvalue weighted by atomic mass is 16.5. The number of nitrogen functional groups attached to an aromatic ring is 1. The molecule has 0 aliphatic heterocycles. The van der Waals surface area contributed by atoms with Crippen LogP contribution in [0.2, 0.25) is 0 Å². The van der Waals surface area contributed by atoms with Crippen molar-refractivity contribution in [3.05, 3.63) is 47.7 Å². The number of nitrogens with two attached hydrogens (primary N) is 1. The molecule has 19 heavy (non-hydrogen) atoms. The molecule has 0 amide bonds. The smallest absolute Gasteiger partial charge is 0.242 e. The number of hydrogen-bond donors (Lipinski definition) is 1. The molecule has 92 valence electrons. The van der Waals surface area contributed by atoms with E-state index in [0.29, 0.717) is 23.4 Å². The number of hydrogen-bond acceptors (Lipinski definition) is 5. The van der Waals surface area contributed by atoms with Gasteiger partial charge in [0.15, 0.2) is 0 Å². The zero-order chi connectivity index (χ0) is 13.7. The Kier molecular flexibility index (Phi) is 3.61. The number of ether oxygens (including phenoxy) is 1. The van der Waals surface area contributed by atoms with Gasteiger partial charge in [-0.3, -0.25) is 0 Å². The van der Waals surface area contributed by atoms with Crippen molar-refractivity contribution >= 4 is 5.69 Å². The van der Waals surface area contributed by atoms with Crippen LogP contribution in [0.4, 0.5) is 5.69 Å². The van der Waals surface area contributed by atoms with Gasteiger partial charge in [-0.15, -0.1) is 0 Å². The minimum Gasteiger partial charge on any atom is -0.437 e. The van der Waals surface area contributed by atoms with Crippen LogP contribution < -0.4 is 10.5 Å². The molecular weight excluding hydrogens is 240 g/mol. The van der Waals surface area contributed by atoms with Crippen LogP contribution >= 0.6 is 0 Å². The van der Waals surface area contributed by atoms with Gasteiger partial charge in [-0.05, 0) is 23.8 Å². The number of rotatable bonds is 3. The standard InChI is InChI=1S/C14H10N4O/c15-6-5-10-1-3-12(4-2-10)19-14-13(17)7-11(8-16)9-18-14/h1-4,7,9H,5,17H2. The topological polar surface area (TPSA) is 95.7 Å².